The molecule has 0 spiro atoms. The molecule has 0 fully saturated rings. The molecule has 27 heavy (non-hydrogen) atoms. The molecule has 4 rings (SSSR count). The van der Waals surface area contributed by atoms with Crippen molar-refractivity contribution >= 4 is 34.4 Å². The quantitative estimate of drug-likeness (QED) is 0.515. The van der Waals surface area contributed by atoms with Gasteiger partial charge < -0.3 is 20.5 Å². The van der Waals surface area contributed by atoms with Gasteiger partial charge in [0, 0.05) is 40.8 Å². The maximum atomic E-state index is 9.55. The number of halogens is 1. The molecule has 0 saturated heterocycles. The minimum Gasteiger partial charge on any atom is -0.478 e. The van der Waals surface area contributed by atoms with E-state index in [1.807, 2.05) is 12.1 Å². The van der Waals surface area contributed by atoms with Crippen molar-refractivity contribution in [1.82, 2.24) is 10.3 Å². The van der Waals surface area contributed by atoms with Crippen LogP contribution in [0.1, 0.15) is 22.7 Å². The van der Waals surface area contributed by atoms with Gasteiger partial charge in [-0.15, -0.1) is 0 Å². The molecule has 1 aromatic heterocycles. The van der Waals surface area contributed by atoms with Crippen LogP contribution >= 0.6 is 11.6 Å². The number of aromatic amines is 1. The Labute approximate surface area is 160 Å². The Hall–Kier alpha value is -3.09. The first-order valence-corrected chi connectivity index (χ1v) is 8.55. The summed E-state index contributed by atoms with van der Waals surface area (Å²) in [6, 6.07) is 14.7. The van der Waals surface area contributed by atoms with Crippen molar-refractivity contribution in [2.75, 3.05) is 0 Å². The van der Waals surface area contributed by atoms with E-state index in [-0.39, 0.29) is 6.04 Å². The Kier molecular flexibility index (Phi) is 5.59. The first-order valence-electron chi connectivity index (χ1n) is 8.17. The molecule has 3 aromatic rings. The third kappa shape index (κ3) is 4.36. The van der Waals surface area contributed by atoms with Gasteiger partial charge in [-0.3, -0.25) is 0 Å². The summed E-state index contributed by atoms with van der Waals surface area (Å²) in [5.74, 6) is -2.51. The number of aromatic nitrogens is 1. The number of nitrogens with one attached hydrogen (secondary N) is 2. The van der Waals surface area contributed by atoms with Crippen LogP contribution in [0.2, 0.25) is 5.02 Å². The van der Waals surface area contributed by atoms with Crippen molar-refractivity contribution in [2.45, 2.75) is 12.6 Å². The molecule has 0 radical (unpaired) electrons. The lowest BCUT2D eigenvalue weighted by Gasteiger charge is -2.24. The molecule has 138 valence electrons. The van der Waals surface area contributed by atoms with Crippen molar-refractivity contribution in [3.8, 4) is 0 Å². The molecule has 0 saturated carbocycles. The van der Waals surface area contributed by atoms with E-state index >= 15 is 0 Å². The highest BCUT2D eigenvalue weighted by molar-refractivity contribution is 6.30. The number of benzene rings is 2. The molecular weight excluding hydrogens is 368 g/mol. The average molecular weight is 385 g/mol. The number of carboxylic acid groups (broad SMARTS) is 2. The lowest BCUT2D eigenvalue weighted by molar-refractivity contribution is -0.134. The van der Waals surface area contributed by atoms with Gasteiger partial charge in [0.2, 0.25) is 0 Å². The molecule has 1 atom stereocenters. The van der Waals surface area contributed by atoms with Gasteiger partial charge in [-0.1, -0.05) is 35.9 Å². The van der Waals surface area contributed by atoms with Gasteiger partial charge in [0.1, 0.15) is 0 Å². The highest BCUT2D eigenvalue weighted by Crippen LogP contribution is 2.35. The monoisotopic (exact) mass is 384 g/mol. The van der Waals surface area contributed by atoms with Gasteiger partial charge in [0.05, 0.1) is 6.04 Å². The third-order valence-corrected chi connectivity index (χ3v) is 4.45. The van der Waals surface area contributed by atoms with Crippen LogP contribution in [0.15, 0.2) is 60.8 Å². The van der Waals surface area contributed by atoms with E-state index in [9.17, 15) is 9.59 Å². The van der Waals surface area contributed by atoms with Crippen molar-refractivity contribution < 1.29 is 19.8 Å². The van der Waals surface area contributed by atoms with Crippen LogP contribution in [0, 0.1) is 0 Å². The Morgan fingerprint density at radius 3 is 2.33 bits per heavy atom. The van der Waals surface area contributed by atoms with Crippen LogP contribution in [0.4, 0.5) is 0 Å². The van der Waals surface area contributed by atoms with Crippen LogP contribution in [-0.4, -0.2) is 27.1 Å². The fourth-order valence-electron chi connectivity index (χ4n) is 3.08. The molecule has 6 nitrogen and oxygen atoms in total. The molecule has 1 aliphatic rings. The molecule has 2 heterocycles. The number of carboxylic acids is 2. The Morgan fingerprint density at radius 1 is 1.04 bits per heavy atom. The first kappa shape index (κ1) is 18.7. The lowest BCUT2D eigenvalue weighted by atomic mass is 9.92. The predicted octanol–water partition coefficient (Wildman–Crippen LogP) is 3.73. The number of aliphatic carboxylic acids is 2. The summed E-state index contributed by atoms with van der Waals surface area (Å²) in [5, 5.41) is 21.4. The van der Waals surface area contributed by atoms with E-state index < -0.39 is 11.9 Å². The zero-order valence-electron chi connectivity index (χ0n) is 14.1. The van der Waals surface area contributed by atoms with Crippen LogP contribution < -0.4 is 5.32 Å². The molecule has 0 aliphatic carbocycles. The van der Waals surface area contributed by atoms with E-state index in [0.29, 0.717) is 12.2 Å². The smallest absolute Gasteiger partial charge is 0.328 e. The maximum Gasteiger partial charge on any atom is 0.328 e. The Morgan fingerprint density at radius 2 is 1.70 bits per heavy atom. The second-order valence-corrected chi connectivity index (χ2v) is 6.40. The summed E-state index contributed by atoms with van der Waals surface area (Å²) < 4.78 is 0. The number of hydrogen-bond donors (Lipinski definition) is 4. The number of H-pyrrole nitrogens is 1. The fourth-order valence-corrected chi connectivity index (χ4v) is 3.21. The van der Waals surface area contributed by atoms with Crippen molar-refractivity contribution in [1.29, 1.82) is 0 Å². The van der Waals surface area contributed by atoms with Crippen molar-refractivity contribution in [3.63, 3.8) is 0 Å². The summed E-state index contributed by atoms with van der Waals surface area (Å²) in [5.41, 5.74) is 5.14. The van der Waals surface area contributed by atoms with Crippen molar-refractivity contribution in [3.05, 3.63) is 82.5 Å². The molecule has 2 aromatic carbocycles. The zero-order valence-corrected chi connectivity index (χ0v) is 14.9. The molecule has 0 bridgehead atoms. The van der Waals surface area contributed by atoms with Gasteiger partial charge in [0.15, 0.2) is 0 Å². The SMILES string of the molecule is Clc1ccc(C2NCc3cccc4[nH]cc2c34)cc1.O=C(O)/C=C\C(=O)O. The second-order valence-electron chi connectivity index (χ2n) is 5.96. The minimum atomic E-state index is -1.26. The fraction of sp³-hybridized carbons (Fsp3) is 0.100. The highest BCUT2D eigenvalue weighted by Gasteiger charge is 2.23. The van der Waals surface area contributed by atoms with E-state index in [4.69, 9.17) is 21.8 Å². The van der Waals surface area contributed by atoms with Gasteiger partial charge in [0.25, 0.3) is 0 Å². The van der Waals surface area contributed by atoms with Gasteiger partial charge in [-0.05, 0) is 34.9 Å². The third-order valence-electron chi connectivity index (χ3n) is 4.20. The number of hydrogen-bond acceptors (Lipinski definition) is 3. The highest BCUT2D eigenvalue weighted by atomic mass is 35.5. The molecule has 7 heteroatoms. The molecule has 1 unspecified atom stereocenters. The van der Waals surface area contributed by atoms with Gasteiger partial charge in [-0.2, -0.15) is 0 Å². The summed E-state index contributed by atoms with van der Waals surface area (Å²) in [6.45, 7) is 0.898. The largest absolute Gasteiger partial charge is 0.478 e. The molecule has 4 N–H and O–H groups in total. The molecule has 0 amide bonds. The Balaban J connectivity index is 0.000000226. The topological polar surface area (TPSA) is 102 Å². The van der Waals surface area contributed by atoms with Crippen molar-refractivity contribution in [2.24, 2.45) is 0 Å². The summed E-state index contributed by atoms with van der Waals surface area (Å²) >= 11 is 5.96. The van der Waals surface area contributed by atoms with Gasteiger partial charge >= 0.3 is 11.9 Å². The first-order chi connectivity index (χ1) is 13.0. The standard InChI is InChI=1S/C16H13ClN2.C4H4O4/c17-12-6-4-10(5-7-12)16-13-9-18-14-3-1-2-11(8-19-16)15(13)14;5-3(6)1-2-4(7)8/h1-7,9,16,18-19H,8H2;1-2H,(H,5,6)(H,7,8)/b;2-1-. The van der Waals surface area contributed by atoms with Crippen LogP contribution in [0.25, 0.3) is 10.9 Å². The van der Waals surface area contributed by atoms with Crippen LogP contribution in [0.3, 0.4) is 0 Å². The predicted molar refractivity (Wildman–Crippen MR) is 103 cm³/mol. The number of carbonyl (C=O) groups is 2. The van der Waals surface area contributed by atoms with E-state index in [2.05, 4.69) is 46.8 Å². The van der Waals surface area contributed by atoms with Crippen LogP contribution in [0.5, 0.6) is 0 Å². The Bertz CT molecular complexity index is 992. The van der Waals surface area contributed by atoms with E-state index in [1.54, 1.807) is 0 Å². The lowest BCUT2D eigenvalue weighted by Crippen LogP contribution is -2.25. The molecule has 1 aliphatic heterocycles. The van der Waals surface area contributed by atoms with E-state index in [1.165, 1.54) is 27.6 Å². The normalized spacial score (nSPS) is 15.4. The number of rotatable bonds is 3. The zero-order chi connectivity index (χ0) is 19.4. The average Bonchev–Trinajstić information content (AvgIpc) is 3.08. The minimum absolute atomic E-state index is 0.237. The maximum absolute atomic E-state index is 9.55. The second kappa shape index (κ2) is 8.07. The molecular formula is C20H17ClN2O4. The van der Waals surface area contributed by atoms with Gasteiger partial charge in [-0.25, -0.2) is 9.59 Å². The summed E-state index contributed by atoms with van der Waals surface area (Å²) in [7, 11) is 0. The summed E-state index contributed by atoms with van der Waals surface area (Å²) in [6.07, 6.45) is 3.23. The summed E-state index contributed by atoms with van der Waals surface area (Å²) in [4.78, 5) is 22.5. The van der Waals surface area contributed by atoms with Crippen LogP contribution in [-0.2, 0) is 16.1 Å². The van der Waals surface area contributed by atoms with E-state index in [0.717, 1.165) is 11.6 Å².